The lowest BCUT2D eigenvalue weighted by Gasteiger charge is -2.21. The third kappa shape index (κ3) is 6.07. The van der Waals surface area contributed by atoms with E-state index in [4.69, 9.17) is 25.4 Å². The molecule has 3 N–H and O–H groups in total. The van der Waals surface area contributed by atoms with E-state index < -0.39 is 5.41 Å². The number of rotatable bonds is 7. The number of nitrogens with zero attached hydrogens (tertiary/aromatic N) is 1. The Labute approximate surface area is 171 Å². The van der Waals surface area contributed by atoms with Crippen molar-refractivity contribution in [3.63, 3.8) is 0 Å². The zero-order chi connectivity index (χ0) is 21.4. The molecule has 0 heterocycles. The molecule has 2 aromatic rings. The van der Waals surface area contributed by atoms with E-state index in [-0.39, 0.29) is 24.4 Å². The number of methoxy groups -OCH3 is 1. The number of carbonyl (C=O) groups excluding carboxylic acids is 1. The SMILES string of the molecule is CCOC(=N)N=C(N)c1ccc(-c2ccc(OCC(C)(C)C(=O)OC)cc2)cc1. The summed E-state index contributed by atoms with van der Waals surface area (Å²) in [5.74, 6) is 0.591. The molecule has 0 unspecified atom stereocenters. The Bertz CT molecular complexity index is 872. The molecule has 0 saturated carbocycles. The second-order valence-corrected chi connectivity index (χ2v) is 7.00. The second kappa shape index (κ2) is 9.73. The summed E-state index contributed by atoms with van der Waals surface area (Å²) in [4.78, 5) is 15.6. The lowest BCUT2D eigenvalue weighted by molar-refractivity contribution is -0.152. The van der Waals surface area contributed by atoms with Crippen LogP contribution >= 0.6 is 0 Å². The van der Waals surface area contributed by atoms with Gasteiger partial charge < -0.3 is 19.9 Å². The first-order chi connectivity index (χ1) is 13.8. The molecular weight excluding hydrogens is 370 g/mol. The van der Waals surface area contributed by atoms with Crippen molar-refractivity contribution in [2.24, 2.45) is 16.1 Å². The van der Waals surface area contributed by atoms with Gasteiger partial charge >= 0.3 is 12.0 Å². The van der Waals surface area contributed by atoms with Gasteiger partial charge in [-0.3, -0.25) is 4.79 Å². The second-order valence-electron chi connectivity index (χ2n) is 7.00. The molecule has 0 atom stereocenters. The summed E-state index contributed by atoms with van der Waals surface area (Å²) < 4.78 is 15.5. The number of carbonyl (C=O) groups is 1. The number of ether oxygens (including phenoxy) is 3. The maximum Gasteiger partial charge on any atom is 0.314 e. The monoisotopic (exact) mass is 397 g/mol. The molecular formula is C22H27N3O4. The van der Waals surface area contributed by atoms with Gasteiger partial charge in [-0.25, -0.2) is 5.41 Å². The van der Waals surface area contributed by atoms with Crippen LogP contribution in [-0.2, 0) is 14.3 Å². The highest BCUT2D eigenvalue weighted by molar-refractivity contribution is 6.03. The Kier molecular flexibility index (Phi) is 7.36. The largest absolute Gasteiger partial charge is 0.492 e. The van der Waals surface area contributed by atoms with Gasteiger partial charge in [-0.1, -0.05) is 36.4 Å². The minimum atomic E-state index is -0.719. The van der Waals surface area contributed by atoms with E-state index in [1.165, 1.54) is 7.11 Å². The Morgan fingerprint density at radius 2 is 1.62 bits per heavy atom. The van der Waals surface area contributed by atoms with Gasteiger partial charge in [-0.2, -0.15) is 4.99 Å². The number of hydrogen-bond donors (Lipinski definition) is 2. The number of esters is 1. The van der Waals surface area contributed by atoms with Crippen molar-refractivity contribution in [3.8, 4) is 16.9 Å². The molecule has 154 valence electrons. The third-order valence-electron chi connectivity index (χ3n) is 4.21. The minimum absolute atomic E-state index is 0.208. The van der Waals surface area contributed by atoms with Crippen LogP contribution in [0, 0.1) is 10.8 Å². The zero-order valence-corrected chi connectivity index (χ0v) is 17.2. The topological polar surface area (TPSA) is 107 Å². The first kappa shape index (κ1) is 21.9. The number of nitrogens with two attached hydrogens (primary N) is 1. The van der Waals surface area contributed by atoms with Crippen LogP contribution in [-0.4, -0.2) is 38.2 Å². The molecule has 7 heteroatoms. The summed E-state index contributed by atoms with van der Waals surface area (Å²) >= 11 is 0. The molecule has 0 saturated heterocycles. The maximum atomic E-state index is 11.7. The molecule has 0 radical (unpaired) electrons. The van der Waals surface area contributed by atoms with Gasteiger partial charge in [-0.15, -0.1) is 0 Å². The molecule has 0 bridgehead atoms. The smallest absolute Gasteiger partial charge is 0.314 e. The van der Waals surface area contributed by atoms with Crippen molar-refractivity contribution in [2.45, 2.75) is 20.8 Å². The predicted octanol–water partition coefficient (Wildman–Crippen LogP) is 3.61. The predicted molar refractivity (Wildman–Crippen MR) is 113 cm³/mol. The van der Waals surface area contributed by atoms with E-state index >= 15 is 0 Å². The summed E-state index contributed by atoms with van der Waals surface area (Å²) in [5, 5.41) is 7.55. The summed E-state index contributed by atoms with van der Waals surface area (Å²) in [5.41, 5.74) is 7.92. The molecule has 29 heavy (non-hydrogen) atoms. The lowest BCUT2D eigenvalue weighted by Crippen LogP contribution is -2.32. The standard InChI is InChI=1S/C22H27N3O4/c1-5-28-21(24)25-19(23)17-8-6-15(7-9-17)16-10-12-18(13-11-16)29-14-22(2,3)20(26)27-4/h6-13H,5,14H2,1-4H3,(H3,23,24,25). The van der Waals surface area contributed by atoms with Gasteiger partial charge in [0.25, 0.3) is 0 Å². The number of benzene rings is 2. The normalized spacial score (nSPS) is 11.7. The Morgan fingerprint density at radius 3 is 2.14 bits per heavy atom. The number of amidine groups is 2. The first-order valence-corrected chi connectivity index (χ1v) is 9.24. The van der Waals surface area contributed by atoms with E-state index in [0.29, 0.717) is 17.9 Å². The van der Waals surface area contributed by atoms with E-state index in [0.717, 1.165) is 11.1 Å². The Hall–Kier alpha value is -3.35. The fourth-order valence-corrected chi connectivity index (χ4v) is 2.52. The van der Waals surface area contributed by atoms with Crippen molar-refractivity contribution >= 4 is 17.8 Å². The quantitative estimate of drug-likeness (QED) is 0.422. The van der Waals surface area contributed by atoms with Gasteiger partial charge in [0.05, 0.1) is 19.1 Å². The summed E-state index contributed by atoms with van der Waals surface area (Å²) in [6.07, 6.45) is 0. The van der Waals surface area contributed by atoms with Crippen molar-refractivity contribution in [1.29, 1.82) is 5.41 Å². The third-order valence-corrected chi connectivity index (χ3v) is 4.21. The van der Waals surface area contributed by atoms with Gasteiger partial charge in [0.1, 0.15) is 18.2 Å². The molecule has 0 aliphatic carbocycles. The lowest BCUT2D eigenvalue weighted by atomic mass is 9.95. The van der Waals surface area contributed by atoms with E-state index in [2.05, 4.69) is 4.99 Å². The highest BCUT2D eigenvalue weighted by atomic mass is 16.5. The molecule has 0 aromatic heterocycles. The summed E-state index contributed by atoms with van der Waals surface area (Å²) in [7, 11) is 1.37. The molecule has 2 aromatic carbocycles. The molecule has 0 aliphatic rings. The van der Waals surface area contributed by atoms with Crippen LogP contribution in [0.25, 0.3) is 11.1 Å². The summed E-state index contributed by atoms with van der Waals surface area (Å²) in [6, 6.07) is 14.9. The Balaban J connectivity index is 2.05. The van der Waals surface area contributed by atoms with Crippen molar-refractivity contribution < 1.29 is 19.0 Å². The van der Waals surface area contributed by atoms with Gasteiger partial charge in [0.2, 0.25) is 0 Å². The zero-order valence-electron chi connectivity index (χ0n) is 17.2. The van der Waals surface area contributed by atoms with Crippen molar-refractivity contribution in [3.05, 3.63) is 54.1 Å². The highest BCUT2D eigenvalue weighted by Gasteiger charge is 2.29. The Morgan fingerprint density at radius 1 is 1.07 bits per heavy atom. The highest BCUT2D eigenvalue weighted by Crippen LogP contribution is 2.25. The van der Waals surface area contributed by atoms with Crippen LogP contribution in [0.2, 0.25) is 0 Å². The average Bonchev–Trinajstić information content (AvgIpc) is 2.72. The van der Waals surface area contributed by atoms with Crippen LogP contribution in [0.1, 0.15) is 26.3 Å². The molecule has 0 fully saturated rings. The number of hydrogen-bond acceptors (Lipinski definition) is 5. The number of nitrogens with one attached hydrogen (secondary N) is 1. The fraction of sp³-hybridized carbons (Fsp3) is 0.318. The molecule has 0 aliphatic heterocycles. The summed E-state index contributed by atoms with van der Waals surface area (Å²) in [6.45, 7) is 5.93. The van der Waals surface area contributed by atoms with Crippen LogP contribution in [0.15, 0.2) is 53.5 Å². The van der Waals surface area contributed by atoms with E-state index in [9.17, 15) is 4.79 Å². The fourth-order valence-electron chi connectivity index (χ4n) is 2.52. The molecule has 2 rings (SSSR count). The van der Waals surface area contributed by atoms with Crippen molar-refractivity contribution in [2.75, 3.05) is 20.3 Å². The minimum Gasteiger partial charge on any atom is -0.492 e. The first-order valence-electron chi connectivity index (χ1n) is 9.24. The van der Waals surface area contributed by atoms with Gasteiger partial charge in [0.15, 0.2) is 0 Å². The maximum absolute atomic E-state index is 11.7. The average molecular weight is 397 g/mol. The van der Waals surface area contributed by atoms with Crippen LogP contribution in [0.4, 0.5) is 0 Å². The molecule has 7 nitrogen and oxygen atoms in total. The van der Waals surface area contributed by atoms with Crippen LogP contribution < -0.4 is 10.5 Å². The van der Waals surface area contributed by atoms with Crippen molar-refractivity contribution in [1.82, 2.24) is 0 Å². The van der Waals surface area contributed by atoms with E-state index in [1.54, 1.807) is 20.8 Å². The van der Waals surface area contributed by atoms with Crippen LogP contribution in [0.5, 0.6) is 5.75 Å². The van der Waals surface area contributed by atoms with Gasteiger partial charge in [0, 0.05) is 5.56 Å². The molecule has 0 spiro atoms. The van der Waals surface area contributed by atoms with Crippen LogP contribution in [0.3, 0.4) is 0 Å². The van der Waals surface area contributed by atoms with Gasteiger partial charge in [-0.05, 0) is 44.0 Å². The molecule has 0 amide bonds. The van der Waals surface area contributed by atoms with E-state index in [1.807, 2.05) is 48.5 Å². The number of aliphatic imine (C=N–C) groups is 1.